The van der Waals surface area contributed by atoms with Crippen molar-refractivity contribution in [1.82, 2.24) is 0 Å². The van der Waals surface area contributed by atoms with Gasteiger partial charge in [-0.15, -0.1) is 0 Å². The highest BCUT2D eigenvalue weighted by molar-refractivity contribution is 5.58. The van der Waals surface area contributed by atoms with Crippen LogP contribution in [0.2, 0.25) is 0 Å². The lowest BCUT2D eigenvalue weighted by atomic mass is 10.3. The Morgan fingerprint density at radius 2 is 1.81 bits per heavy atom. The molecular formula is C12H20N2O2. The van der Waals surface area contributed by atoms with Gasteiger partial charge in [0.15, 0.2) is 0 Å². The van der Waals surface area contributed by atoms with E-state index in [0.717, 1.165) is 30.0 Å². The van der Waals surface area contributed by atoms with Crippen LogP contribution < -0.4 is 20.7 Å². The van der Waals surface area contributed by atoms with Crippen molar-refractivity contribution in [3.8, 4) is 11.5 Å². The van der Waals surface area contributed by atoms with Crippen LogP contribution in [0.1, 0.15) is 26.7 Å². The molecule has 0 bridgehead atoms. The Kier molecular flexibility index (Phi) is 5.50. The van der Waals surface area contributed by atoms with Gasteiger partial charge in [0, 0.05) is 6.07 Å². The monoisotopic (exact) mass is 224 g/mol. The van der Waals surface area contributed by atoms with Crippen molar-refractivity contribution in [1.29, 1.82) is 0 Å². The average molecular weight is 224 g/mol. The molecular weight excluding hydrogens is 204 g/mol. The molecule has 0 saturated heterocycles. The first-order valence-corrected chi connectivity index (χ1v) is 5.68. The van der Waals surface area contributed by atoms with Crippen LogP contribution >= 0.6 is 0 Å². The minimum absolute atomic E-state index is 0.673. The predicted molar refractivity (Wildman–Crippen MR) is 65.8 cm³/mol. The smallest absolute Gasteiger partial charge is 0.147 e. The van der Waals surface area contributed by atoms with E-state index in [-0.39, 0.29) is 0 Å². The summed E-state index contributed by atoms with van der Waals surface area (Å²) in [6, 6.07) is 5.60. The Morgan fingerprint density at radius 1 is 1.12 bits per heavy atom. The summed E-state index contributed by atoms with van der Waals surface area (Å²) in [5.41, 5.74) is 3.38. The van der Waals surface area contributed by atoms with Crippen molar-refractivity contribution in [2.45, 2.75) is 26.7 Å². The first-order valence-electron chi connectivity index (χ1n) is 5.68. The van der Waals surface area contributed by atoms with Gasteiger partial charge in [0.05, 0.1) is 18.9 Å². The summed E-state index contributed by atoms with van der Waals surface area (Å²) in [6.45, 7) is 5.52. The van der Waals surface area contributed by atoms with Crippen LogP contribution in [0.4, 0.5) is 5.69 Å². The summed E-state index contributed by atoms with van der Waals surface area (Å²) in [4.78, 5) is 0. The number of rotatable bonds is 7. The normalized spacial score (nSPS) is 9.94. The number of nitrogen functional groups attached to an aromatic ring is 1. The van der Waals surface area contributed by atoms with Crippen molar-refractivity contribution < 1.29 is 9.47 Å². The average Bonchev–Trinajstić information content (AvgIpc) is 2.33. The van der Waals surface area contributed by atoms with Crippen molar-refractivity contribution in [2.75, 3.05) is 18.6 Å². The lowest BCUT2D eigenvalue weighted by molar-refractivity contribution is 0.302. The molecule has 1 rings (SSSR count). The third-order valence-electron chi connectivity index (χ3n) is 2.04. The number of nitrogens with one attached hydrogen (secondary N) is 1. The van der Waals surface area contributed by atoms with Crippen LogP contribution in [-0.2, 0) is 0 Å². The van der Waals surface area contributed by atoms with Crippen molar-refractivity contribution >= 4 is 5.69 Å². The molecule has 0 atom stereocenters. The van der Waals surface area contributed by atoms with Gasteiger partial charge in [-0.25, -0.2) is 0 Å². The van der Waals surface area contributed by atoms with Gasteiger partial charge in [0.25, 0.3) is 0 Å². The zero-order valence-corrected chi connectivity index (χ0v) is 9.95. The standard InChI is InChI=1S/C12H20N2O2/c1-3-7-15-10-5-6-11(14-13)12(9-10)16-8-4-2/h5-6,9,14H,3-4,7-8,13H2,1-2H3. The minimum atomic E-state index is 0.673. The van der Waals surface area contributed by atoms with E-state index in [2.05, 4.69) is 19.3 Å². The highest BCUT2D eigenvalue weighted by Crippen LogP contribution is 2.28. The molecule has 0 spiro atoms. The Labute approximate surface area is 96.7 Å². The largest absolute Gasteiger partial charge is 0.493 e. The van der Waals surface area contributed by atoms with E-state index in [1.165, 1.54) is 0 Å². The molecule has 1 aromatic carbocycles. The second kappa shape index (κ2) is 6.95. The summed E-state index contributed by atoms with van der Waals surface area (Å²) in [6.07, 6.45) is 1.95. The summed E-state index contributed by atoms with van der Waals surface area (Å²) in [7, 11) is 0. The second-order valence-corrected chi connectivity index (χ2v) is 3.50. The molecule has 0 aromatic heterocycles. The topological polar surface area (TPSA) is 56.5 Å². The zero-order valence-electron chi connectivity index (χ0n) is 9.95. The summed E-state index contributed by atoms with van der Waals surface area (Å²) in [5.74, 6) is 6.95. The van der Waals surface area contributed by atoms with Gasteiger partial charge in [-0.2, -0.15) is 0 Å². The van der Waals surface area contributed by atoms with E-state index < -0.39 is 0 Å². The number of hydrazine groups is 1. The first kappa shape index (κ1) is 12.6. The number of hydrogen-bond acceptors (Lipinski definition) is 4. The molecule has 1 aromatic rings. The zero-order chi connectivity index (χ0) is 11.8. The predicted octanol–water partition coefficient (Wildman–Crippen LogP) is 2.55. The molecule has 3 N–H and O–H groups in total. The fraction of sp³-hybridized carbons (Fsp3) is 0.500. The van der Waals surface area contributed by atoms with Crippen molar-refractivity contribution in [2.24, 2.45) is 5.84 Å². The van der Waals surface area contributed by atoms with Gasteiger partial charge in [-0.05, 0) is 25.0 Å². The molecule has 0 aliphatic carbocycles. The van der Waals surface area contributed by atoms with E-state index in [4.69, 9.17) is 15.3 Å². The molecule has 0 heterocycles. The Balaban J connectivity index is 2.74. The fourth-order valence-electron chi connectivity index (χ4n) is 1.26. The molecule has 0 unspecified atom stereocenters. The third kappa shape index (κ3) is 3.62. The molecule has 0 aliphatic rings. The quantitative estimate of drug-likeness (QED) is 0.552. The van der Waals surface area contributed by atoms with E-state index in [1.807, 2.05) is 18.2 Å². The molecule has 0 fully saturated rings. The molecule has 0 amide bonds. The van der Waals surface area contributed by atoms with Crippen LogP contribution in [0.3, 0.4) is 0 Å². The molecule has 16 heavy (non-hydrogen) atoms. The van der Waals surface area contributed by atoms with Crippen LogP contribution in [0.25, 0.3) is 0 Å². The van der Waals surface area contributed by atoms with Gasteiger partial charge in [-0.3, -0.25) is 5.84 Å². The maximum atomic E-state index is 5.58. The summed E-state index contributed by atoms with van der Waals surface area (Å²) >= 11 is 0. The van der Waals surface area contributed by atoms with Crippen LogP contribution in [0.15, 0.2) is 18.2 Å². The maximum Gasteiger partial charge on any atom is 0.147 e. The Morgan fingerprint density at radius 3 is 2.44 bits per heavy atom. The van der Waals surface area contributed by atoms with E-state index in [9.17, 15) is 0 Å². The Bertz CT molecular complexity index is 316. The molecule has 90 valence electrons. The van der Waals surface area contributed by atoms with Crippen molar-refractivity contribution in [3.63, 3.8) is 0 Å². The summed E-state index contributed by atoms with van der Waals surface area (Å²) in [5, 5.41) is 0. The molecule has 4 nitrogen and oxygen atoms in total. The van der Waals surface area contributed by atoms with E-state index in [0.29, 0.717) is 13.2 Å². The molecule has 0 radical (unpaired) electrons. The number of ether oxygens (including phenoxy) is 2. The van der Waals surface area contributed by atoms with Gasteiger partial charge >= 0.3 is 0 Å². The van der Waals surface area contributed by atoms with E-state index >= 15 is 0 Å². The SMILES string of the molecule is CCCOc1ccc(NN)c(OCCC)c1. The number of anilines is 1. The van der Waals surface area contributed by atoms with Crippen LogP contribution in [0.5, 0.6) is 11.5 Å². The van der Waals surface area contributed by atoms with Gasteiger partial charge in [0.2, 0.25) is 0 Å². The highest BCUT2D eigenvalue weighted by Gasteiger charge is 2.04. The second-order valence-electron chi connectivity index (χ2n) is 3.50. The van der Waals surface area contributed by atoms with Crippen LogP contribution in [-0.4, -0.2) is 13.2 Å². The fourth-order valence-corrected chi connectivity index (χ4v) is 1.26. The lowest BCUT2D eigenvalue weighted by Gasteiger charge is -2.12. The van der Waals surface area contributed by atoms with E-state index in [1.54, 1.807) is 0 Å². The van der Waals surface area contributed by atoms with Gasteiger partial charge < -0.3 is 14.9 Å². The molecule has 0 saturated carbocycles. The number of nitrogens with two attached hydrogens (primary N) is 1. The number of hydrogen-bond donors (Lipinski definition) is 2. The molecule has 0 aliphatic heterocycles. The number of benzene rings is 1. The van der Waals surface area contributed by atoms with Crippen LogP contribution in [0, 0.1) is 0 Å². The van der Waals surface area contributed by atoms with Gasteiger partial charge in [0.1, 0.15) is 11.5 Å². The highest BCUT2D eigenvalue weighted by atomic mass is 16.5. The van der Waals surface area contributed by atoms with Gasteiger partial charge in [-0.1, -0.05) is 13.8 Å². The third-order valence-corrected chi connectivity index (χ3v) is 2.04. The summed E-state index contributed by atoms with van der Waals surface area (Å²) < 4.78 is 11.1. The maximum absolute atomic E-state index is 5.58. The minimum Gasteiger partial charge on any atom is -0.493 e. The Hall–Kier alpha value is -1.42. The van der Waals surface area contributed by atoms with Crippen molar-refractivity contribution in [3.05, 3.63) is 18.2 Å². The lowest BCUT2D eigenvalue weighted by Crippen LogP contribution is -2.09. The molecule has 4 heteroatoms. The first-order chi connectivity index (χ1) is 7.81.